The first-order valence-electron chi connectivity index (χ1n) is 11.9. The van der Waals surface area contributed by atoms with Crippen LogP contribution < -0.4 is 4.90 Å². The van der Waals surface area contributed by atoms with E-state index in [2.05, 4.69) is 31.3 Å². The quantitative estimate of drug-likeness (QED) is 0.471. The molecule has 5 rings (SSSR count). The largest absolute Gasteiger partial charge is 0.441 e. The lowest BCUT2D eigenvalue weighted by molar-refractivity contribution is -0.0264. The van der Waals surface area contributed by atoms with Gasteiger partial charge in [-0.3, -0.25) is 9.88 Å². The zero-order valence-electron chi connectivity index (χ0n) is 20.6. The second-order valence-electron chi connectivity index (χ2n) is 10.6. The minimum absolute atomic E-state index is 0.0890. The molecule has 182 valence electrons. The van der Waals surface area contributed by atoms with Crippen molar-refractivity contribution in [2.45, 2.75) is 64.2 Å². The standard InChI is InChI=1S/C26H30N6O3/c1-24(2,34-5)21-12-29-22(13-28-21)32-16-26(35-23(32)33)10-6-9-25(3,14-26)15-31-17-30-19-8-7-18(27-4)11-20(19)31/h7-8,11-13,17H,6,9-10,14-16H2,1-3,5H3/t25-,26-/m0/s1. The van der Waals surface area contributed by atoms with E-state index in [1.165, 1.54) is 0 Å². The molecule has 2 aromatic heterocycles. The molecule has 0 radical (unpaired) electrons. The van der Waals surface area contributed by atoms with Gasteiger partial charge in [0.2, 0.25) is 0 Å². The lowest BCUT2D eigenvalue weighted by Gasteiger charge is -2.43. The lowest BCUT2D eigenvalue weighted by Crippen LogP contribution is -2.45. The van der Waals surface area contributed by atoms with Crippen LogP contribution in [0.1, 0.15) is 52.1 Å². The van der Waals surface area contributed by atoms with Crippen molar-refractivity contribution >= 4 is 28.6 Å². The Morgan fingerprint density at radius 1 is 1.23 bits per heavy atom. The van der Waals surface area contributed by atoms with Gasteiger partial charge in [-0.25, -0.2) is 19.6 Å². The number of carbonyl (C=O) groups is 1. The van der Waals surface area contributed by atoms with E-state index in [4.69, 9.17) is 16.0 Å². The highest BCUT2D eigenvalue weighted by molar-refractivity contribution is 5.89. The first kappa shape index (κ1) is 23.2. The second-order valence-corrected chi connectivity index (χ2v) is 10.6. The van der Waals surface area contributed by atoms with Crippen LogP contribution >= 0.6 is 0 Å². The van der Waals surface area contributed by atoms with E-state index in [9.17, 15) is 4.79 Å². The van der Waals surface area contributed by atoms with Gasteiger partial charge in [0.15, 0.2) is 11.5 Å². The zero-order chi connectivity index (χ0) is 24.8. The molecule has 1 saturated carbocycles. The Morgan fingerprint density at radius 2 is 2.06 bits per heavy atom. The molecule has 35 heavy (non-hydrogen) atoms. The maximum absolute atomic E-state index is 12.9. The molecule has 3 aromatic rings. The number of nitrogens with zero attached hydrogens (tertiary/aromatic N) is 6. The predicted octanol–water partition coefficient (Wildman–Crippen LogP) is 5.23. The van der Waals surface area contributed by atoms with E-state index in [1.54, 1.807) is 30.5 Å². The van der Waals surface area contributed by atoms with Crippen molar-refractivity contribution in [1.29, 1.82) is 0 Å². The summed E-state index contributed by atoms with van der Waals surface area (Å²) in [5.41, 5.74) is 1.93. The van der Waals surface area contributed by atoms with Gasteiger partial charge in [-0.2, -0.15) is 0 Å². The van der Waals surface area contributed by atoms with Crippen molar-refractivity contribution in [1.82, 2.24) is 19.5 Å². The molecule has 1 aliphatic heterocycles. The summed E-state index contributed by atoms with van der Waals surface area (Å²) in [7, 11) is 1.63. The molecular weight excluding hydrogens is 444 g/mol. The molecule has 9 heteroatoms. The van der Waals surface area contributed by atoms with E-state index >= 15 is 0 Å². The molecule has 1 amide bonds. The number of ether oxygens (including phenoxy) is 2. The van der Waals surface area contributed by atoms with Crippen molar-refractivity contribution in [3.63, 3.8) is 0 Å². The molecule has 1 spiro atoms. The van der Waals surface area contributed by atoms with Crippen molar-refractivity contribution in [2.24, 2.45) is 5.41 Å². The van der Waals surface area contributed by atoms with Gasteiger partial charge in [-0.15, -0.1) is 0 Å². The van der Waals surface area contributed by atoms with E-state index in [0.29, 0.717) is 23.7 Å². The lowest BCUT2D eigenvalue weighted by atomic mass is 9.68. The minimum Gasteiger partial charge on any atom is -0.441 e. The van der Waals surface area contributed by atoms with Gasteiger partial charge in [0, 0.05) is 13.7 Å². The fraction of sp³-hybridized carbons (Fsp3) is 0.500. The summed E-state index contributed by atoms with van der Waals surface area (Å²) in [5, 5.41) is 0. The summed E-state index contributed by atoms with van der Waals surface area (Å²) in [4.78, 5) is 31.6. The molecule has 1 aliphatic carbocycles. The fourth-order valence-corrected chi connectivity index (χ4v) is 5.48. The molecule has 1 aromatic carbocycles. The number of amides is 1. The van der Waals surface area contributed by atoms with Gasteiger partial charge >= 0.3 is 6.09 Å². The van der Waals surface area contributed by atoms with Gasteiger partial charge < -0.3 is 14.0 Å². The van der Waals surface area contributed by atoms with Gasteiger partial charge in [0.1, 0.15) is 11.2 Å². The summed E-state index contributed by atoms with van der Waals surface area (Å²) >= 11 is 0. The minimum atomic E-state index is -0.561. The van der Waals surface area contributed by atoms with Crippen LogP contribution in [0.3, 0.4) is 0 Å². The average molecular weight is 475 g/mol. The van der Waals surface area contributed by atoms with Gasteiger partial charge in [-0.1, -0.05) is 13.0 Å². The maximum Gasteiger partial charge on any atom is 0.416 e. The van der Waals surface area contributed by atoms with Crippen LogP contribution in [0.25, 0.3) is 15.9 Å². The molecule has 3 heterocycles. The van der Waals surface area contributed by atoms with Crippen molar-refractivity contribution in [2.75, 3.05) is 18.6 Å². The number of imidazole rings is 1. The van der Waals surface area contributed by atoms with Crippen molar-refractivity contribution in [3.8, 4) is 0 Å². The normalized spacial score (nSPS) is 24.7. The Kier molecular flexibility index (Phi) is 5.52. The number of carbonyl (C=O) groups excluding carboxylic acids is 1. The van der Waals surface area contributed by atoms with E-state index in [0.717, 1.165) is 43.3 Å². The average Bonchev–Trinajstić information content (AvgIpc) is 3.38. The van der Waals surface area contributed by atoms with Crippen LogP contribution in [-0.2, 0) is 21.6 Å². The fourth-order valence-electron chi connectivity index (χ4n) is 5.48. The summed E-state index contributed by atoms with van der Waals surface area (Å²) in [6.45, 7) is 14.6. The van der Waals surface area contributed by atoms with Gasteiger partial charge in [0.05, 0.1) is 48.6 Å². The zero-order valence-corrected chi connectivity index (χ0v) is 20.6. The Labute approximate surface area is 204 Å². The van der Waals surface area contributed by atoms with E-state index in [1.807, 2.05) is 32.3 Å². The number of hydrogen-bond acceptors (Lipinski definition) is 6. The Morgan fingerprint density at radius 3 is 2.77 bits per heavy atom. The number of rotatable bonds is 5. The summed E-state index contributed by atoms with van der Waals surface area (Å²) < 4.78 is 13.6. The van der Waals surface area contributed by atoms with Crippen LogP contribution in [0.4, 0.5) is 16.3 Å². The van der Waals surface area contributed by atoms with Crippen molar-refractivity contribution < 1.29 is 14.3 Å². The Bertz CT molecular complexity index is 1310. The molecule has 9 nitrogen and oxygen atoms in total. The monoisotopic (exact) mass is 474 g/mol. The van der Waals surface area contributed by atoms with E-state index < -0.39 is 11.2 Å². The topological polar surface area (TPSA) is 86.7 Å². The van der Waals surface area contributed by atoms with Crippen LogP contribution in [-0.4, -0.2) is 44.9 Å². The van der Waals surface area contributed by atoms with Gasteiger partial charge in [0.25, 0.3) is 0 Å². The molecule has 2 atom stereocenters. The number of fused-ring (bicyclic) bond motifs is 1. The number of aromatic nitrogens is 4. The Balaban J connectivity index is 1.36. The molecule has 0 N–H and O–H groups in total. The van der Waals surface area contributed by atoms with Gasteiger partial charge in [-0.05, 0) is 57.1 Å². The van der Waals surface area contributed by atoms with Crippen LogP contribution in [0.5, 0.6) is 0 Å². The maximum atomic E-state index is 12.9. The predicted molar refractivity (Wildman–Crippen MR) is 131 cm³/mol. The van der Waals surface area contributed by atoms with Crippen LogP contribution in [0, 0.1) is 12.0 Å². The summed E-state index contributed by atoms with van der Waals surface area (Å²) in [6, 6.07) is 5.57. The van der Waals surface area contributed by atoms with Crippen LogP contribution in [0.15, 0.2) is 36.9 Å². The summed E-state index contributed by atoms with van der Waals surface area (Å²) in [5.74, 6) is 0.488. The summed E-state index contributed by atoms with van der Waals surface area (Å²) in [6.07, 6.45) is 8.29. The number of hydrogen-bond donors (Lipinski definition) is 0. The molecule has 0 unspecified atom stereocenters. The second kappa shape index (κ2) is 8.31. The molecule has 1 saturated heterocycles. The highest BCUT2D eigenvalue weighted by Crippen LogP contribution is 2.47. The third kappa shape index (κ3) is 4.23. The number of benzene rings is 1. The molecule has 0 bridgehead atoms. The third-order valence-corrected chi connectivity index (χ3v) is 7.46. The van der Waals surface area contributed by atoms with E-state index in [-0.39, 0.29) is 11.5 Å². The highest BCUT2D eigenvalue weighted by atomic mass is 16.6. The van der Waals surface area contributed by atoms with Crippen molar-refractivity contribution in [3.05, 3.63) is 54.0 Å². The number of methoxy groups -OCH3 is 1. The SMILES string of the molecule is [C-]#[N+]c1ccc2ncn(C[C@@]3(C)CCC[C@@]4(CN(c5cnc(C(C)(C)OC)cn5)C(=O)O4)C3)c2c1. The molecular formula is C26H30N6O3. The number of anilines is 1. The first-order chi connectivity index (χ1) is 16.7. The smallest absolute Gasteiger partial charge is 0.416 e. The molecule has 2 fully saturated rings. The first-order valence-corrected chi connectivity index (χ1v) is 11.9. The third-order valence-electron chi connectivity index (χ3n) is 7.46. The van der Waals surface area contributed by atoms with Crippen LogP contribution in [0.2, 0.25) is 0 Å². The molecule has 2 aliphatic rings. The highest BCUT2D eigenvalue weighted by Gasteiger charge is 2.52. The Hall–Kier alpha value is -3.51.